The largest absolute Gasteiger partial charge is 0.352 e. The number of anilines is 1. The van der Waals surface area contributed by atoms with Crippen molar-refractivity contribution in [2.45, 2.75) is 18.5 Å². The first-order chi connectivity index (χ1) is 6.81. The summed E-state index contributed by atoms with van der Waals surface area (Å²) in [6, 6.07) is 5.01. The summed E-state index contributed by atoms with van der Waals surface area (Å²) in [5, 5.41) is 11.8. The Hall–Kier alpha value is -0.870. The Bertz CT molecular complexity index is 323. The fraction of sp³-hybridized carbons (Fsp3) is 0.556. The van der Waals surface area contributed by atoms with Crippen LogP contribution < -0.4 is 10.2 Å². The Balaban J connectivity index is 1.79. The van der Waals surface area contributed by atoms with E-state index in [0.717, 1.165) is 18.9 Å². The third-order valence-electron chi connectivity index (χ3n) is 2.86. The van der Waals surface area contributed by atoms with Gasteiger partial charge in [-0.1, -0.05) is 11.6 Å². The summed E-state index contributed by atoms with van der Waals surface area (Å²) in [4.78, 5) is 2.26. The van der Waals surface area contributed by atoms with Crippen LogP contribution in [0.3, 0.4) is 0 Å². The second-order valence-corrected chi connectivity index (χ2v) is 4.30. The molecule has 4 rings (SSSR count). The first-order valence-corrected chi connectivity index (χ1v) is 5.19. The van der Waals surface area contributed by atoms with Gasteiger partial charge in [0.2, 0.25) is 0 Å². The average Bonchev–Trinajstić information content (AvgIpc) is 2.18. The van der Waals surface area contributed by atoms with E-state index in [1.54, 1.807) is 6.07 Å². The topological polar surface area (TPSA) is 41.0 Å². The highest BCUT2D eigenvalue weighted by Crippen LogP contribution is 2.24. The molecule has 4 heterocycles. The van der Waals surface area contributed by atoms with Crippen molar-refractivity contribution in [2.75, 3.05) is 18.0 Å². The fourth-order valence-electron chi connectivity index (χ4n) is 2.18. The Morgan fingerprint density at radius 2 is 2.00 bits per heavy atom. The van der Waals surface area contributed by atoms with Crippen LogP contribution in [0.1, 0.15) is 6.42 Å². The smallest absolute Gasteiger partial charge is 0.151 e. The molecule has 0 amide bonds. The van der Waals surface area contributed by atoms with Crippen LogP contribution in [0.4, 0.5) is 5.82 Å². The highest BCUT2D eigenvalue weighted by molar-refractivity contribution is 6.29. The fourth-order valence-corrected chi connectivity index (χ4v) is 2.28. The van der Waals surface area contributed by atoms with Crippen LogP contribution in [0.2, 0.25) is 5.15 Å². The monoisotopic (exact) mass is 210 g/mol. The summed E-state index contributed by atoms with van der Waals surface area (Å²) in [6.07, 6.45) is 1.30. The highest BCUT2D eigenvalue weighted by Gasteiger charge is 2.36. The van der Waals surface area contributed by atoms with E-state index in [1.165, 1.54) is 6.42 Å². The molecule has 0 aromatic carbocycles. The number of nitrogens with one attached hydrogen (secondary N) is 1. The van der Waals surface area contributed by atoms with Crippen molar-refractivity contribution in [3.63, 3.8) is 0 Å². The van der Waals surface area contributed by atoms with Gasteiger partial charge in [0.15, 0.2) is 11.0 Å². The Morgan fingerprint density at radius 1 is 1.29 bits per heavy atom. The van der Waals surface area contributed by atoms with Crippen LogP contribution in [0.5, 0.6) is 0 Å². The van der Waals surface area contributed by atoms with E-state index in [1.807, 2.05) is 6.07 Å². The van der Waals surface area contributed by atoms with Gasteiger partial charge in [0.1, 0.15) is 0 Å². The van der Waals surface area contributed by atoms with E-state index in [4.69, 9.17) is 11.6 Å². The molecule has 3 saturated heterocycles. The number of fused-ring (bicyclic) bond motifs is 2. The van der Waals surface area contributed by atoms with Crippen molar-refractivity contribution in [3.8, 4) is 0 Å². The van der Waals surface area contributed by atoms with Gasteiger partial charge in [0, 0.05) is 25.2 Å². The van der Waals surface area contributed by atoms with Crippen molar-refractivity contribution in [1.29, 1.82) is 0 Å². The zero-order valence-electron chi connectivity index (χ0n) is 7.65. The molecular formula is C9H11ClN4. The first kappa shape index (κ1) is 8.44. The van der Waals surface area contributed by atoms with E-state index in [9.17, 15) is 0 Å². The molecule has 2 bridgehead atoms. The zero-order chi connectivity index (χ0) is 9.54. The molecule has 0 aliphatic carbocycles. The molecule has 1 aromatic rings. The molecule has 1 aromatic heterocycles. The molecule has 0 radical (unpaired) electrons. The van der Waals surface area contributed by atoms with E-state index < -0.39 is 0 Å². The number of halogens is 1. The third-order valence-corrected chi connectivity index (χ3v) is 3.07. The molecule has 2 unspecified atom stereocenters. The predicted molar refractivity (Wildman–Crippen MR) is 54.6 cm³/mol. The van der Waals surface area contributed by atoms with E-state index >= 15 is 0 Å². The first-order valence-electron chi connectivity index (χ1n) is 4.81. The van der Waals surface area contributed by atoms with Crippen LogP contribution >= 0.6 is 11.6 Å². The third kappa shape index (κ3) is 1.35. The van der Waals surface area contributed by atoms with Crippen molar-refractivity contribution in [3.05, 3.63) is 17.3 Å². The van der Waals surface area contributed by atoms with Crippen LogP contribution in [0.25, 0.3) is 0 Å². The van der Waals surface area contributed by atoms with Crippen molar-refractivity contribution >= 4 is 17.4 Å². The van der Waals surface area contributed by atoms with Gasteiger partial charge in [0.25, 0.3) is 0 Å². The van der Waals surface area contributed by atoms with Gasteiger partial charge in [-0.15, -0.1) is 10.2 Å². The molecule has 74 valence electrons. The maximum absolute atomic E-state index is 5.68. The van der Waals surface area contributed by atoms with Gasteiger partial charge in [-0.25, -0.2) is 0 Å². The number of nitrogens with zero attached hydrogens (tertiary/aromatic N) is 3. The lowest BCUT2D eigenvalue weighted by Gasteiger charge is -2.48. The molecule has 0 saturated carbocycles. The molecule has 3 fully saturated rings. The molecule has 4 nitrogen and oxygen atoms in total. The normalized spacial score (nSPS) is 29.9. The standard InChI is InChI=1S/C9H11ClN4/c10-8-1-2-9(13-12-8)14-4-6-3-7(5-14)11-6/h1-2,6-7,11H,3-5H2. The lowest BCUT2D eigenvalue weighted by atomic mass is 9.91. The molecule has 3 aliphatic rings. The van der Waals surface area contributed by atoms with Crippen LogP contribution in [0.15, 0.2) is 12.1 Å². The lowest BCUT2D eigenvalue weighted by molar-refractivity contribution is 0.225. The lowest BCUT2D eigenvalue weighted by Crippen LogP contribution is -2.67. The number of aromatic nitrogens is 2. The molecular weight excluding hydrogens is 200 g/mol. The molecule has 1 N–H and O–H groups in total. The quantitative estimate of drug-likeness (QED) is 0.740. The molecule has 2 atom stereocenters. The SMILES string of the molecule is Clc1ccc(N2CC3CC(C2)N3)nn1. The minimum atomic E-state index is 0.453. The average molecular weight is 211 g/mol. The maximum Gasteiger partial charge on any atom is 0.151 e. The van der Waals surface area contributed by atoms with E-state index in [2.05, 4.69) is 20.4 Å². The summed E-state index contributed by atoms with van der Waals surface area (Å²) in [5.41, 5.74) is 0. The predicted octanol–water partition coefficient (Wildman–Crippen LogP) is 0.680. The van der Waals surface area contributed by atoms with Crippen LogP contribution in [-0.4, -0.2) is 35.4 Å². The molecule has 14 heavy (non-hydrogen) atoms. The minimum absolute atomic E-state index is 0.453. The molecule has 5 heteroatoms. The van der Waals surface area contributed by atoms with Crippen LogP contribution in [-0.2, 0) is 0 Å². The van der Waals surface area contributed by atoms with Crippen molar-refractivity contribution < 1.29 is 0 Å². The highest BCUT2D eigenvalue weighted by atomic mass is 35.5. The van der Waals surface area contributed by atoms with Gasteiger partial charge in [-0.05, 0) is 18.6 Å². The number of hydrogen-bond acceptors (Lipinski definition) is 4. The summed E-state index contributed by atoms with van der Waals surface area (Å²) in [5.74, 6) is 0.936. The summed E-state index contributed by atoms with van der Waals surface area (Å²) < 4.78 is 0. The van der Waals surface area contributed by atoms with Crippen molar-refractivity contribution in [1.82, 2.24) is 15.5 Å². The molecule has 3 aliphatic heterocycles. The summed E-state index contributed by atoms with van der Waals surface area (Å²) in [6.45, 7) is 2.07. The van der Waals surface area contributed by atoms with Gasteiger partial charge in [0.05, 0.1) is 0 Å². The van der Waals surface area contributed by atoms with Gasteiger partial charge in [-0.2, -0.15) is 0 Å². The second kappa shape index (κ2) is 3.07. The van der Waals surface area contributed by atoms with Gasteiger partial charge >= 0.3 is 0 Å². The Kier molecular flexibility index (Phi) is 1.85. The minimum Gasteiger partial charge on any atom is -0.352 e. The molecule has 0 spiro atoms. The number of piperidine rings is 1. The number of rotatable bonds is 1. The van der Waals surface area contributed by atoms with Crippen LogP contribution in [0, 0.1) is 0 Å². The summed E-state index contributed by atoms with van der Waals surface area (Å²) in [7, 11) is 0. The Labute approximate surface area is 87.3 Å². The summed E-state index contributed by atoms with van der Waals surface area (Å²) >= 11 is 5.68. The van der Waals surface area contributed by atoms with Crippen molar-refractivity contribution in [2.24, 2.45) is 0 Å². The number of hydrogen-bond donors (Lipinski definition) is 1. The zero-order valence-corrected chi connectivity index (χ0v) is 8.41. The van der Waals surface area contributed by atoms with Gasteiger partial charge in [-0.3, -0.25) is 0 Å². The Morgan fingerprint density at radius 3 is 2.57 bits per heavy atom. The van der Waals surface area contributed by atoms with Gasteiger partial charge < -0.3 is 10.2 Å². The number of piperazine rings is 1. The van der Waals surface area contributed by atoms with E-state index in [0.29, 0.717) is 17.2 Å². The second-order valence-electron chi connectivity index (χ2n) is 3.92. The van der Waals surface area contributed by atoms with E-state index in [-0.39, 0.29) is 0 Å². The maximum atomic E-state index is 5.68.